The average Bonchev–Trinajstić information content (AvgIpc) is 3.12. The Hall–Kier alpha value is -1.88. The Kier molecular flexibility index (Phi) is 3.46. The number of hydrogen-bond acceptors (Lipinski definition) is 3. The van der Waals surface area contributed by atoms with E-state index in [0.717, 1.165) is 31.2 Å². The van der Waals surface area contributed by atoms with E-state index in [2.05, 4.69) is 42.9 Å². The molecule has 0 saturated carbocycles. The number of nitrogens with zero attached hydrogens (tertiary/aromatic N) is 4. The Bertz CT molecular complexity index is 636. The highest BCUT2D eigenvalue weighted by Crippen LogP contribution is 2.21. The zero-order valence-corrected chi connectivity index (χ0v) is 11.7. The second-order valence-electron chi connectivity index (χ2n) is 4.43. The van der Waals surface area contributed by atoms with E-state index in [-0.39, 0.29) is 0 Å². The first-order chi connectivity index (χ1) is 9.38. The molecule has 0 spiro atoms. The van der Waals surface area contributed by atoms with Gasteiger partial charge in [-0.1, -0.05) is 6.92 Å². The second kappa shape index (κ2) is 5.40. The predicted octanol–water partition coefficient (Wildman–Crippen LogP) is 3.27. The average molecular weight is 272 g/mol. The van der Waals surface area contributed by atoms with Crippen molar-refractivity contribution in [1.82, 2.24) is 19.1 Å². The molecule has 0 fully saturated rings. The maximum absolute atomic E-state index is 4.45. The molecule has 0 unspecified atom stereocenters. The molecule has 0 aliphatic rings. The number of rotatable bonds is 5. The normalized spacial score (nSPS) is 11.0. The highest BCUT2D eigenvalue weighted by atomic mass is 32.1. The summed E-state index contributed by atoms with van der Waals surface area (Å²) in [5.41, 5.74) is 1.17. The quantitative estimate of drug-likeness (QED) is 0.714. The first kappa shape index (κ1) is 12.2. The zero-order chi connectivity index (χ0) is 13.1. The topological polar surface area (TPSA) is 35.6 Å². The molecular weight excluding hydrogens is 256 g/mol. The van der Waals surface area contributed by atoms with Gasteiger partial charge in [0, 0.05) is 42.3 Å². The summed E-state index contributed by atoms with van der Waals surface area (Å²) in [5, 5.41) is 4.20. The summed E-state index contributed by atoms with van der Waals surface area (Å²) in [6.45, 7) is 3.95. The Labute approximate surface area is 116 Å². The lowest BCUT2D eigenvalue weighted by atomic mass is 10.3. The molecule has 4 nitrogen and oxygen atoms in total. The molecule has 98 valence electrons. The van der Waals surface area contributed by atoms with E-state index in [1.54, 1.807) is 11.3 Å². The number of thiophene rings is 1. The van der Waals surface area contributed by atoms with E-state index in [0.29, 0.717) is 0 Å². The minimum atomic E-state index is 0.762. The van der Waals surface area contributed by atoms with Gasteiger partial charge in [0.05, 0.1) is 6.54 Å². The molecule has 0 amide bonds. The number of imidazole rings is 2. The zero-order valence-electron chi connectivity index (χ0n) is 10.9. The fourth-order valence-corrected chi connectivity index (χ4v) is 2.81. The van der Waals surface area contributed by atoms with Gasteiger partial charge in [0.25, 0.3) is 0 Å². The van der Waals surface area contributed by atoms with Crippen LogP contribution in [0.2, 0.25) is 0 Å². The Morgan fingerprint density at radius 3 is 2.79 bits per heavy atom. The molecule has 5 heteroatoms. The monoisotopic (exact) mass is 272 g/mol. The number of aryl methyl sites for hydroxylation is 1. The minimum Gasteiger partial charge on any atom is -0.333 e. The minimum absolute atomic E-state index is 0.762. The van der Waals surface area contributed by atoms with Crippen molar-refractivity contribution in [3.05, 3.63) is 47.4 Å². The van der Waals surface area contributed by atoms with Crippen LogP contribution in [0, 0.1) is 0 Å². The third-order valence-electron chi connectivity index (χ3n) is 3.07. The molecule has 3 heterocycles. The van der Waals surface area contributed by atoms with Crippen LogP contribution in [0.25, 0.3) is 11.4 Å². The SMILES string of the molecule is CCCn1ccnc1Cn1ccnc1-c1ccsc1. The van der Waals surface area contributed by atoms with Crippen molar-refractivity contribution >= 4 is 11.3 Å². The second-order valence-corrected chi connectivity index (χ2v) is 5.21. The van der Waals surface area contributed by atoms with E-state index >= 15 is 0 Å². The summed E-state index contributed by atoms with van der Waals surface area (Å²) >= 11 is 1.69. The van der Waals surface area contributed by atoms with Gasteiger partial charge < -0.3 is 9.13 Å². The summed E-state index contributed by atoms with van der Waals surface area (Å²) in [5.74, 6) is 2.09. The molecule has 3 aromatic heterocycles. The van der Waals surface area contributed by atoms with Gasteiger partial charge in [-0.15, -0.1) is 0 Å². The van der Waals surface area contributed by atoms with Crippen molar-refractivity contribution < 1.29 is 0 Å². The molecule has 0 atom stereocenters. The third-order valence-corrected chi connectivity index (χ3v) is 3.76. The van der Waals surface area contributed by atoms with Crippen LogP contribution >= 0.6 is 11.3 Å². The van der Waals surface area contributed by atoms with E-state index in [1.165, 1.54) is 5.56 Å². The summed E-state index contributed by atoms with van der Waals surface area (Å²) in [7, 11) is 0. The smallest absolute Gasteiger partial charge is 0.141 e. The van der Waals surface area contributed by atoms with E-state index in [4.69, 9.17) is 0 Å². The van der Waals surface area contributed by atoms with Crippen molar-refractivity contribution in [2.75, 3.05) is 0 Å². The maximum Gasteiger partial charge on any atom is 0.141 e. The molecule has 3 aromatic rings. The molecule has 0 saturated heterocycles. The Morgan fingerprint density at radius 2 is 2.00 bits per heavy atom. The molecule has 0 aliphatic heterocycles. The van der Waals surface area contributed by atoms with E-state index in [1.807, 2.05) is 24.8 Å². The van der Waals surface area contributed by atoms with Crippen molar-refractivity contribution in [2.45, 2.75) is 26.4 Å². The van der Waals surface area contributed by atoms with Crippen LogP contribution in [0.1, 0.15) is 19.2 Å². The van der Waals surface area contributed by atoms with Gasteiger partial charge in [0.15, 0.2) is 0 Å². The van der Waals surface area contributed by atoms with Crippen molar-refractivity contribution in [3.63, 3.8) is 0 Å². The molecule has 0 radical (unpaired) electrons. The standard InChI is InChI=1S/C14H16N4S/c1-2-6-17-7-4-15-13(17)10-18-8-5-16-14(18)12-3-9-19-11-12/h3-5,7-9,11H,2,6,10H2,1H3. The largest absolute Gasteiger partial charge is 0.333 e. The van der Waals surface area contributed by atoms with E-state index in [9.17, 15) is 0 Å². The summed E-state index contributed by atoms with van der Waals surface area (Å²) in [4.78, 5) is 8.90. The molecule has 0 N–H and O–H groups in total. The van der Waals surface area contributed by atoms with Crippen molar-refractivity contribution in [2.24, 2.45) is 0 Å². The molecule has 0 aromatic carbocycles. The summed E-state index contributed by atoms with van der Waals surface area (Å²) in [6.07, 6.45) is 8.88. The van der Waals surface area contributed by atoms with Crippen LogP contribution in [0.5, 0.6) is 0 Å². The Balaban J connectivity index is 1.88. The van der Waals surface area contributed by atoms with Gasteiger partial charge in [-0.05, 0) is 17.9 Å². The number of hydrogen-bond donors (Lipinski definition) is 0. The van der Waals surface area contributed by atoms with Crippen LogP contribution in [0.4, 0.5) is 0 Å². The molecule has 0 bridgehead atoms. The van der Waals surface area contributed by atoms with Crippen LogP contribution < -0.4 is 0 Å². The molecular formula is C14H16N4S. The van der Waals surface area contributed by atoms with Gasteiger partial charge >= 0.3 is 0 Å². The summed E-state index contributed by atoms with van der Waals surface area (Å²) < 4.78 is 4.36. The lowest BCUT2D eigenvalue weighted by Crippen LogP contribution is -2.08. The fourth-order valence-electron chi connectivity index (χ4n) is 2.18. The van der Waals surface area contributed by atoms with Gasteiger partial charge in [0.2, 0.25) is 0 Å². The predicted molar refractivity (Wildman–Crippen MR) is 77.2 cm³/mol. The van der Waals surface area contributed by atoms with Gasteiger partial charge in [-0.25, -0.2) is 9.97 Å². The summed E-state index contributed by atoms with van der Waals surface area (Å²) in [6, 6.07) is 2.10. The number of aromatic nitrogens is 4. The van der Waals surface area contributed by atoms with Gasteiger partial charge in [-0.2, -0.15) is 11.3 Å². The van der Waals surface area contributed by atoms with Gasteiger partial charge in [0.1, 0.15) is 11.6 Å². The van der Waals surface area contributed by atoms with Crippen LogP contribution in [-0.4, -0.2) is 19.1 Å². The molecule has 19 heavy (non-hydrogen) atoms. The van der Waals surface area contributed by atoms with Crippen LogP contribution in [-0.2, 0) is 13.1 Å². The van der Waals surface area contributed by atoms with Crippen molar-refractivity contribution in [3.8, 4) is 11.4 Å². The highest BCUT2D eigenvalue weighted by Gasteiger charge is 2.09. The lowest BCUT2D eigenvalue weighted by Gasteiger charge is -2.09. The first-order valence-corrected chi connectivity index (χ1v) is 7.36. The highest BCUT2D eigenvalue weighted by molar-refractivity contribution is 7.08. The van der Waals surface area contributed by atoms with E-state index < -0.39 is 0 Å². The maximum atomic E-state index is 4.45. The van der Waals surface area contributed by atoms with Gasteiger partial charge in [-0.3, -0.25) is 0 Å². The third kappa shape index (κ3) is 2.46. The van der Waals surface area contributed by atoms with Crippen LogP contribution in [0.15, 0.2) is 41.6 Å². The Morgan fingerprint density at radius 1 is 1.16 bits per heavy atom. The van der Waals surface area contributed by atoms with Crippen LogP contribution in [0.3, 0.4) is 0 Å². The lowest BCUT2D eigenvalue weighted by molar-refractivity contribution is 0.613. The first-order valence-electron chi connectivity index (χ1n) is 6.42. The fraction of sp³-hybridized carbons (Fsp3) is 0.286. The molecule has 0 aliphatic carbocycles. The van der Waals surface area contributed by atoms with Crippen molar-refractivity contribution in [1.29, 1.82) is 0 Å². The molecule has 3 rings (SSSR count).